The van der Waals surface area contributed by atoms with Crippen LogP contribution in [0.15, 0.2) is 18.5 Å². The van der Waals surface area contributed by atoms with Crippen LogP contribution in [0.3, 0.4) is 0 Å². The largest absolute Gasteiger partial charge is 0.493 e. The quantitative estimate of drug-likeness (QED) is 0.800. The van der Waals surface area contributed by atoms with Crippen molar-refractivity contribution in [2.24, 2.45) is 11.7 Å². The van der Waals surface area contributed by atoms with E-state index in [9.17, 15) is 0 Å². The number of aromatic nitrogens is 1. The predicted molar refractivity (Wildman–Crippen MR) is 56.5 cm³/mol. The van der Waals surface area contributed by atoms with Crippen LogP contribution < -0.4 is 10.5 Å². The zero-order valence-electron chi connectivity index (χ0n) is 8.69. The van der Waals surface area contributed by atoms with E-state index < -0.39 is 0 Å². The summed E-state index contributed by atoms with van der Waals surface area (Å²) in [4.78, 5) is 4.01. The number of ether oxygens (including phenoxy) is 2. The molecule has 1 saturated heterocycles. The highest BCUT2D eigenvalue weighted by Crippen LogP contribution is 2.19. The molecule has 2 rings (SSSR count). The van der Waals surface area contributed by atoms with Gasteiger partial charge in [0, 0.05) is 37.0 Å². The average molecular weight is 208 g/mol. The Hall–Kier alpha value is -1.13. The van der Waals surface area contributed by atoms with Gasteiger partial charge in [0.2, 0.25) is 0 Å². The number of hydrogen-bond acceptors (Lipinski definition) is 4. The molecule has 1 aromatic rings. The van der Waals surface area contributed by atoms with E-state index in [0.717, 1.165) is 30.9 Å². The predicted octanol–water partition coefficient (Wildman–Crippen LogP) is 0.956. The second-order valence-electron chi connectivity index (χ2n) is 3.73. The first-order chi connectivity index (χ1) is 7.40. The van der Waals surface area contributed by atoms with Crippen LogP contribution in [0.5, 0.6) is 5.75 Å². The third kappa shape index (κ3) is 2.67. The van der Waals surface area contributed by atoms with Crippen molar-refractivity contribution in [1.29, 1.82) is 0 Å². The first-order valence-corrected chi connectivity index (χ1v) is 5.23. The van der Waals surface area contributed by atoms with Gasteiger partial charge in [0.05, 0.1) is 13.2 Å². The molecule has 1 aliphatic rings. The first-order valence-electron chi connectivity index (χ1n) is 5.23. The van der Waals surface area contributed by atoms with Crippen LogP contribution in [-0.4, -0.2) is 24.8 Å². The molecule has 2 N–H and O–H groups in total. The number of hydrogen-bond donors (Lipinski definition) is 1. The SMILES string of the molecule is NCc1cnccc1OCC1CCOC1. The zero-order valence-corrected chi connectivity index (χ0v) is 8.69. The molecule has 15 heavy (non-hydrogen) atoms. The van der Waals surface area contributed by atoms with E-state index in [-0.39, 0.29) is 0 Å². The van der Waals surface area contributed by atoms with Gasteiger partial charge in [-0.1, -0.05) is 0 Å². The summed E-state index contributed by atoms with van der Waals surface area (Å²) in [7, 11) is 0. The van der Waals surface area contributed by atoms with Crippen molar-refractivity contribution in [3.05, 3.63) is 24.0 Å². The second kappa shape index (κ2) is 5.09. The fourth-order valence-corrected chi connectivity index (χ4v) is 1.63. The van der Waals surface area contributed by atoms with Gasteiger partial charge in [0.15, 0.2) is 0 Å². The highest BCUT2D eigenvalue weighted by Gasteiger charge is 2.16. The monoisotopic (exact) mass is 208 g/mol. The lowest BCUT2D eigenvalue weighted by atomic mass is 10.1. The molecule has 0 radical (unpaired) electrons. The summed E-state index contributed by atoms with van der Waals surface area (Å²) in [5, 5.41) is 0. The summed E-state index contributed by atoms with van der Waals surface area (Å²) >= 11 is 0. The average Bonchev–Trinajstić information content (AvgIpc) is 2.79. The molecule has 0 amide bonds. The summed E-state index contributed by atoms with van der Waals surface area (Å²) in [6.07, 6.45) is 4.56. The summed E-state index contributed by atoms with van der Waals surface area (Å²) in [5.41, 5.74) is 6.54. The Kier molecular flexibility index (Phi) is 3.53. The molecule has 1 atom stereocenters. The molecule has 1 unspecified atom stereocenters. The maximum absolute atomic E-state index is 5.71. The molecular formula is C11H16N2O2. The Morgan fingerprint density at radius 1 is 1.60 bits per heavy atom. The lowest BCUT2D eigenvalue weighted by molar-refractivity contribution is 0.166. The normalized spacial score (nSPS) is 20.5. The molecular weight excluding hydrogens is 192 g/mol. The van der Waals surface area contributed by atoms with Crippen LogP contribution in [0.4, 0.5) is 0 Å². The van der Waals surface area contributed by atoms with Gasteiger partial charge in [-0.05, 0) is 12.5 Å². The Morgan fingerprint density at radius 2 is 2.53 bits per heavy atom. The van der Waals surface area contributed by atoms with Crippen LogP contribution in [0.2, 0.25) is 0 Å². The van der Waals surface area contributed by atoms with Crippen molar-refractivity contribution in [3.63, 3.8) is 0 Å². The molecule has 0 aliphatic carbocycles. The van der Waals surface area contributed by atoms with Gasteiger partial charge in [-0.15, -0.1) is 0 Å². The van der Waals surface area contributed by atoms with Gasteiger partial charge in [-0.3, -0.25) is 4.98 Å². The lowest BCUT2D eigenvalue weighted by Crippen LogP contribution is -2.13. The fraction of sp³-hybridized carbons (Fsp3) is 0.545. The molecule has 82 valence electrons. The first kappa shape index (κ1) is 10.4. The van der Waals surface area contributed by atoms with E-state index in [1.807, 2.05) is 6.07 Å². The highest BCUT2D eigenvalue weighted by atomic mass is 16.5. The smallest absolute Gasteiger partial charge is 0.126 e. The molecule has 1 aromatic heterocycles. The van der Waals surface area contributed by atoms with E-state index in [4.69, 9.17) is 15.2 Å². The molecule has 0 spiro atoms. The van der Waals surface area contributed by atoms with Gasteiger partial charge in [0.25, 0.3) is 0 Å². The van der Waals surface area contributed by atoms with Gasteiger partial charge >= 0.3 is 0 Å². The third-order valence-electron chi connectivity index (χ3n) is 2.58. The van der Waals surface area contributed by atoms with Crippen molar-refractivity contribution in [2.45, 2.75) is 13.0 Å². The Labute approximate surface area is 89.4 Å². The summed E-state index contributed by atoms with van der Waals surface area (Å²) in [6.45, 7) is 2.83. The van der Waals surface area contributed by atoms with Crippen LogP contribution in [0, 0.1) is 5.92 Å². The molecule has 0 bridgehead atoms. The standard InChI is InChI=1S/C11H16N2O2/c12-5-10-6-13-3-1-11(10)15-8-9-2-4-14-7-9/h1,3,6,9H,2,4-5,7-8,12H2. The maximum atomic E-state index is 5.71. The molecule has 4 nitrogen and oxygen atoms in total. The van der Waals surface area contributed by atoms with Crippen molar-refractivity contribution < 1.29 is 9.47 Å². The van der Waals surface area contributed by atoms with E-state index in [2.05, 4.69) is 4.98 Å². The van der Waals surface area contributed by atoms with Crippen LogP contribution in [0.25, 0.3) is 0 Å². The summed E-state index contributed by atoms with van der Waals surface area (Å²) in [6, 6.07) is 1.86. The fourth-order valence-electron chi connectivity index (χ4n) is 1.63. The highest BCUT2D eigenvalue weighted by molar-refractivity contribution is 5.29. The van der Waals surface area contributed by atoms with Crippen LogP contribution >= 0.6 is 0 Å². The minimum absolute atomic E-state index is 0.463. The van der Waals surface area contributed by atoms with Crippen molar-refractivity contribution in [1.82, 2.24) is 4.98 Å². The minimum atomic E-state index is 0.463. The van der Waals surface area contributed by atoms with E-state index in [1.54, 1.807) is 12.4 Å². The van der Waals surface area contributed by atoms with Gasteiger partial charge < -0.3 is 15.2 Å². The molecule has 0 saturated carbocycles. The lowest BCUT2D eigenvalue weighted by Gasteiger charge is -2.12. The number of nitrogens with two attached hydrogens (primary N) is 1. The molecule has 1 aliphatic heterocycles. The van der Waals surface area contributed by atoms with E-state index >= 15 is 0 Å². The maximum Gasteiger partial charge on any atom is 0.126 e. The zero-order chi connectivity index (χ0) is 10.5. The molecule has 4 heteroatoms. The Bertz CT molecular complexity index is 311. The molecule has 2 heterocycles. The van der Waals surface area contributed by atoms with Crippen molar-refractivity contribution in [3.8, 4) is 5.75 Å². The van der Waals surface area contributed by atoms with Gasteiger partial charge in [-0.25, -0.2) is 0 Å². The number of pyridine rings is 1. The van der Waals surface area contributed by atoms with Crippen molar-refractivity contribution >= 4 is 0 Å². The minimum Gasteiger partial charge on any atom is -0.493 e. The van der Waals surface area contributed by atoms with Gasteiger partial charge in [-0.2, -0.15) is 0 Å². The summed E-state index contributed by atoms with van der Waals surface area (Å²) < 4.78 is 11.0. The number of rotatable bonds is 4. The van der Waals surface area contributed by atoms with Crippen LogP contribution in [0.1, 0.15) is 12.0 Å². The van der Waals surface area contributed by atoms with Gasteiger partial charge in [0.1, 0.15) is 5.75 Å². The molecule has 0 aromatic carbocycles. The van der Waals surface area contributed by atoms with Crippen molar-refractivity contribution in [2.75, 3.05) is 19.8 Å². The third-order valence-corrected chi connectivity index (χ3v) is 2.58. The second-order valence-corrected chi connectivity index (χ2v) is 3.73. The van der Waals surface area contributed by atoms with E-state index in [0.29, 0.717) is 19.1 Å². The van der Waals surface area contributed by atoms with Crippen LogP contribution in [-0.2, 0) is 11.3 Å². The topological polar surface area (TPSA) is 57.4 Å². The van der Waals surface area contributed by atoms with E-state index in [1.165, 1.54) is 0 Å². The Morgan fingerprint density at radius 3 is 3.27 bits per heavy atom. The Balaban J connectivity index is 1.91. The summed E-state index contributed by atoms with van der Waals surface area (Å²) in [5.74, 6) is 1.36. The molecule has 1 fully saturated rings. The number of nitrogens with zero attached hydrogens (tertiary/aromatic N) is 1.